The number of anilines is 1. The van der Waals surface area contributed by atoms with E-state index in [0.717, 1.165) is 46.5 Å². The molecule has 0 unspecified atom stereocenters. The quantitative estimate of drug-likeness (QED) is 0.468. The number of allylic oxidation sites excluding steroid dienone is 2. The van der Waals surface area contributed by atoms with Gasteiger partial charge in [0.25, 0.3) is 0 Å². The smallest absolute Gasteiger partial charge is 0.227 e. The number of nitrogens with zero attached hydrogens (tertiary/aromatic N) is 3. The summed E-state index contributed by atoms with van der Waals surface area (Å²) in [6.07, 6.45) is 7.24. The van der Waals surface area contributed by atoms with Gasteiger partial charge in [-0.05, 0) is 37.0 Å². The van der Waals surface area contributed by atoms with E-state index in [-0.39, 0.29) is 11.8 Å². The van der Waals surface area contributed by atoms with Gasteiger partial charge in [0.15, 0.2) is 5.78 Å². The molecule has 7 heteroatoms. The number of thioether (sulfide) groups is 1. The number of halogens is 1. The highest BCUT2D eigenvalue weighted by Crippen LogP contribution is 2.41. The van der Waals surface area contributed by atoms with Crippen molar-refractivity contribution in [2.75, 3.05) is 11.1 Å². The number of aromatic nitrogens is 3. The van der Waals surface area contributed by atoms with Crippen LogP contribution in [0.1, 0.15) is 63.5 Å². The second-order valence-corrected chi connectivity index (χ2v) is 8.82. The SMILES string of the molecule is CCCCCCSc1nc2n(n1)[C@H](c1cccc(Cl)c1)C1=C(CCCC1=O)N2. The summed E-state index contributed by atoms with van der Waals surface area (Å²) in [5.41, 5.74) is 2.77. The van der Waals surface area contributed by atoms with Crippen molar-refractivity contribution in [2.24, 2.45) is 0 Å². The van der Waals surface area contributed by atoms with Crippen molar-refractivity contribution in [3.63, 3.8) is 0 Å². The van der Waals surface area contributed by atoms with E-state index >= 15 is 0 Å². The zero-order chi connectivity index (χ0) is 19.5. The summed E-state index contributed by atoms with van der Waals surface area (Å²) in [6, 6.07) is 7.45. The van der Waals surface area contributed by atoms with Crippen LogP contribution in [0.15, 0.2) is 40.7 Å². The Kier molecular flexibility index (Phi) is 6.07. The predicted molar refractivity (Wildman–Crippen MR) is 114 cm³/mol. The number of Topliss-reactive ketones (excluding diaryl/α,β-unsaturated/α-hetero) is 1. The van der Waals surface area contributed by atoms with Gasteiger partial charge in [0.2, 0.25) is 11.1 Å². The van der Waals surface area contributed by atoms with Gasteiger partial charge >= 0.3 is 0 Å². The molecule has 148 valence electrons. The van der Waals surface area contributed by atoms with Crippen LogP contribution in [0.2, 0.25) is 5.02 Å². The maximum Gasteiger partial charge on any atom is 0.227 e. The maximum absolute atomic E-state index is 12.8. The van der Waals surface area contributed by atoms with Crippen molar-refractivity contribution in [3.8, 4) is 0 Å². The van der Waals surface area contributed by atoms with E-state index in [4.69, 9.17) is 21.7 Å². The van der Waals surface area contributed by atoms with Crippen LogP contribution in [0, 0.1) is 0 Å². The van der Waals surface area contributed by atoms with Gasteiger partial charge in [-0.25, -0.2) is 4.68 Å². The number of hydrogen-bond acceptors (Lipinski definition) is 5. The fraction of sp³-hybridized carbons (Fsp3) is 0.476. The lowest BCUT2D eigenvalue weighted by molar-refractivity contribution is -0.116. The van der Waals surface area contributed by atoms with E-state index < -0.39 is 0 Å². The molecule has 0 amide bonds. The van der Waals surface area contributed by atoms with E-state index in [1.165, 1.54) is 25.7 Å². The zero-order valence-corrected chi connectivity index (χ0v) is 17.7. The van der Waals surface area contributed by atoms with Crippen molar-refractivity contribution < 1.29 is 4.79 Å². The molecule has 0 spiro atoms. The van der Waals surface area contributed by atoms with Gasteiger partial charge in [-0.15, -0.1) is 5.10 Å². The third-order valence-corrected chi connectivity index (χ3v) is 6.40. The van der Waals surface area contributed by atoms with Crippen LogP contribution in [0.25, 0.3) is 0 Å². The average molecular weight is 417 g/mol. The molecule has 28 heavy (non-hydrogen) atoms. The molecule has 2 aromatic rings. The first-order valence-corrected chi connectivity index (χ1v) is 11.4. The number of fused-ring (bicyclic) bond motifs is 1. The molecule has 0 radical (unpaired) electrons. The normalized spacial score (nSPS) is 18.6. The largest absolute Gasteiger partial charge is 0.328 e. The fourth-order valence-electron chi connectivity index (χ4n) is 3.87. The van der Waals surface area contributed by atoms with Crippen molar-refractivity contribution in [2.45, 2.75) is 63.1 Å². The van der Waals surface area contributed by atoms with E-state index in [0.29, 0.717) is 11.4 Å². The Balaban J connectivity index is 1.65. The van der Waals surface area contributed by atoms with E-state index in [1.807, 2.05) is 28.9 Å². The van der Waals surface area contributed by atoms with Crippen LogP contribution < -0.4 is 5.32 Å². The summed E-state index contributed by atoms with van der Waals surface area (Å²) >= 11 is 7.94. The maximum atomic E-state index is 12.8. The van der Waals surface area contributed by atoms with Gasteiger partial charge in [-0.2, -0.15) is 4.98 Å². The minimum Gasteiger partial charge on any atom is -0.328 e. The Labute approximate surface area is 174 Å². The molecule has 2 aliphatic rings. The fourth-order valence-corrected chi connectivity index (χ4v) is 4.90. The first kappa shape index (κ1) is 19.5. The van der Waals surface area contributed by atoms with Crippen LogP contribution in [0.5, 0.6) is 0 Å². The van der Waals surface area contributed by atoms with Crippen LogP contribution in [0.4, 0.5) is 5.95 Å². The molecule has 1 aromatic carbocycles. The van der Waals surface area contributed by atoms with Gasteiger partial charge in [-0.3, -0.25) is 4.79 Å². The molecule has 1 aromatic heterocycles. The Hall–Kier alpha value is -1.79. The molecule has 0 saturated heterocycles. The number of carbonyl (C=O) groups is 1. The van der Waals surface area contributed by atoms with Crippen LogP contribution in [-0.4, -0.2) is 26.3 Å². The summed E-state index contributed by atoms with van der Waals surface area (Å²) < 4.78 is 1.86. The van der Waals surface area contributed by atoms with Crippen LogP contribution >= 0.6 is 23.4 Å². The Morgan fingerprint density at radius 3 is 3.00 bits per heavy atom. The molecule has 5 nitrogen and oxygen atoms in total. The topological polar surface area (TPSA) is 59.8 Å². The van der Waals surface area contributed by atoms with Crippen molar-refractivity contribution in [3.05, 3.63) is 46.1 Å². The molecule has 1 atom stereocenters. The minimum absolute atomic E-state index is 0.189. The summed E-state index contributed by atoms with van der Waals surface area (Å²) in [5.74, 6) is 1.92. The van der Waals surface area contributed by atoms with E-state index in [9.17, 15) is 4.79 Å². The molecular formula is C21H25ClN4OS. The van der Waals surface area contributed by atoms with Gasteiger partial charge in [0.05, 0.1) is 0 Å². The molecule has 0 fully saturated rings. The molecule has 1 N–H and O–H groups in total. The van der Waals surface area contributed by atoms with E-state index in [2.05, 4.69) is 12.2 Å². The third-order valence-electron chi connectivity index (χ3n) is 5.24. The highest BCUT2D eigenvalue weighted by atomic mass is 35.5. The molecule has 4 rings (SSSR count). The predicted octanol–water partition coefficient (Wildman–Crippen LogP) is 5.63. The van der Waals surface area contributed by atoms with Gasteiger partial charge in [0, 0.05) is 28.5 Å². The summed E-state index contributed by atoms with van der Waals surface area (Å²) in [4.78, 5) is 17.5. The number of rotatable bonds is 7. The Morgan fingerprint density at radius 1 is 1.29 bits per heavy atom. The van der Waals surface area contributed by atoms with Gasteiger partial charge in [-0.1, -0.05) is 61.7 Å². The van der Waals surface area contributed by atoms with Crippen LogP contribution in [0.3, 0.4) is 0 Å². The van der Waals surface area contributed by atoms with Gasteiger partial charge < -0.3 is 5.32 Å². The Morgan fingerprint density at radius 2 is 2.18 bits per heavy atom. The van der Waals surface area contributed by atoms with Crippen molar-refractivity contribution in [1.82, 2.24) is 14.8 Å². The number of nitrogens with one attached hydrogen (secondary N) is 1. The first-order chi connectivity index (χ1) is 13.7. The average Bonchev–Trinajstić information content (AvgIpc) is 3.08. The number of ketones is 1. The second kappa shape index (κ2) is 8.70. The monoisotopic (exact) mass is 416 g/mol. The van der Waals surface area contributed by atoms with Crippen molar-refractivity contribution >= 4 is 35.1 Å². The summed E-state index contributed by atoms with van der Waals surface area (Å²) in [6.45, 7) is 2.22. The number of carbonyl (C=O) groups excluding carboxylic acids is 1. The second-order valence-electron chi connectivity index (χ2n) is 7.32. The lowest BCUT2D eigenvalue weighted by Gasteiger charge is -2.32. The number of hydrogen-bond donors (Lipinski definition) is 1. The first-order valence-electron chi connectivity index (χ1n) is 10.1. The molecule has 1 aliphatic heterocycles. The summed E-state index contributed by atoms with van der Waals surface area (Å²) in [7, 11) is 0. The van der Waals surface area contributed by atoms with Crippen LogP contribution in [-0.2, 0) is 4.79 Å². The zero-order valence-electron chi connectivity index (χ0n) is 16.1. The lowest BCUT2D eigenvalue weighted by atomic mass is 9.85. The number of unbranched alkanes of at least 4 members (excludes halogenated alkanes) is 3. The molecular weight excluding hydrogens is 392 g/mol. The van der Waals surface area contributed by atoms with Gasteiger partial charge in [0.1, 0.15) is 6.04 Å². The highest BCUT2D eigenvalue weighted by molar-refractivity contribution is 7.99. The standard InChI is InChI=1S/C21H25ClN4OS/c1-2-3-4-5-12-28-21-24-20-23-16-10-7-11-17(27)18(16)19(26(20)25-21)14-8-6-9-15(22)13-14/h6,8-9,13,19H,2-5,7,10-12H2,1H3,(H,23,24,25)/t19-/m1/s1. The summed E-state index contributed by atoms with van der Waals surface area (Å²) in [5, 5.41) is 9.56. The Bertz CT molecular complexity index is 908. The highest BCUT2D eigenvalue weighted by Gasteiger charge is 2.36. The molecule has 0 saturated carbocycles. The van der Waals surface area contributed by atoms with Crippen molar-refractivity contribution in [1.29, 1.82) is 0 Å². The molecule has 2 heterocycles. The van der Waals surface area contributed by atoms with E-state index in [1.54, 1.807) is 11.8 Å². The third kappa shape index (κ3) is 3.98. The molecule has 0 bridgehead atoms. The number of benzene rings is 1. The lowest BCUT2D eigenvalue weighted by Crippen LogP contribution is -2.31. The molecule has 1 aliphatic carbocycles. The minimum atomic E-state index is -0.264.